The largest absolute Gasteiger partial charge is 0.421 e. The highest BCUT2D eigenvalue weighted by Crippen LogP contribution is 2.07. The Morgan fingerprint density at radius 3 is 2.57 bits per heavy atom. The van der Waals surface area contributed by atoms with Crippen LogP contribution in [0, 0.1) is 0 Å². The number of unbranched alkanes of at least 4 members (excludes halogenated alkanes) is 2. The van der Waals surface area contributed by atoms with Crippen LogP contribution in [0.1, 0.15) is 52.4 Å². The number of hydrogen-bond acceptors (Lipinski definition) is 2. The Balaban J connectivity index is 3.15. The molecule has 86 valence electrons. The number of rotatable bonds is 10. The smallest absolute Gasteiger partial charge is 0.161 e. The van der Waals surface area contributed by atoms with E-state index in [1.807, 2.05) is 0 Å². The molecule has 2 nitrogen and oxygen atoms in total. The summed E-state index contributed by atoms with van der Waals surface area (Å²) >= 11 is 0. The van der Waals surface area contributed by atoms with Gasteiger partial charge in [0, 0.05) is 6.10 Å². The van der Waals surface area contributed by atoms with Gasteiger partial charge in [-0.3, -0.25) is 0 Å². The third-order valence-electron chi connectivity index (χ3n) is 2.52. The zero-order valence-corrected chi connectivity index (χ0v) is 11.3. The molecule has 0 bridgehead atoms. The summed E-state index contributed by atoms with van der Waals surface area (Å²) < 4.78 is 5.92. The molecule has 0 aliphatic carbocycles. The Kier molecular flexibility index (Phi) is 11.3. The molecule has 0 saturated heterocycles. The van der Waals surface area contributed by atoms with Crippen LogP contribution in [-0.4, -0.2) is 22.4 Å². The lowest BCUT2D eigenvalue weighted by Gasteiger charge is -2.15. The lowest BCUT2D eigenvalue weighted by molar-refractivity contribution is 0.194. The Morgan fingerprint density at radius 2 is 2.00 bits per heavy atom. The summed E-state index contributed by atoms with van der Waals surface area (Å²) in [5.74, 6) is 0. The maximum absolute atomic E-state index is 5.92. The van der Waals surface area contributed by atoms with Gasteiger partial charge in [0.15, 0.2) is 9.76 Å². The minimum atomic E-state index is -0.236. The maximum atomic E-state index is 5.92. The van der Waals surface area contributed by atoms with Gasteiger partial charge in [0.05, 0.1) is 0 Å². The van der Waals surface area contributed by atoms with Gasteiger partial charge >= 0.3 is 0 Å². The fourth-order valence-electron chi connectivity index (χ4n) is 1.58. The van der Waals surface area contributed by atoms with Crippen LogP contribution >= 0.6 is 0 Å². The van der Waals surface area contributed by atoms with Crippen LogP contribution < -0.4 is 5.73 Å². The third kappa shape index (κ3) is 8.72. The molecule has 0 spiro atoms. The van der Waals surface area contributed by atoms with Gasteiger partial charge in [-0.1, -0.05) is 33.1 Å². The van der Waals surface area contributed by atoms with E-state index in [2.05, 4.69) is 13.8 Å². The van der Waals surface area contributed by atoms with Gasteiger partial charge in [-0.15, -0.1) is 0 Å². The van der Waals surface area contributed by atoms with Crippen LogP contribution in [0.25, 0.3) is 0 Å². The van der Waals surface area contributed by atoms with Gasteiger partial charge in [-0.25, -0.2) is 0 Å². The first-order chi connectivity index (χ1) is 6.85. The summed E-state index contributed by atoms with van der Waals surface area (Å²) in [7, 11) is -0.236. The fourth-order valence-corrected chi connectivity index (χ4v) is 3.04. The van der Waals surface area contributed by atoms with Crippen molar-refractivity contribution in [1.82, 2.24) is 0 Å². The average molecular weight is 217 g/mol. The molecular formula is C11H27NOSi. The lowest BCUT2D eigenvalue weighted by atomic mass is 10.2. The summed E-state index contributed by atoms with van der Waals surface area (Å²) in [6, 6.07) is 1.33. The normalized spacial score (nSPS) is 13.9. The Hall–Kier alpha value is 0.137. The predicted molar refractivity (Wildman–Crippen MR) is 66.3 cm³/mol. The molecule has 3 heteroatoms. The van der Waals surface area contributed by atoms with E-state index >= 15 is 0 Å². The zero-order chi connectivity index (χ0) is 10.6. The second-order valence-corrected chi connectivity index (χ2v) is 5.34. The molecule has 0 aromatic heterocycles. The molecule has 14 heavy (non-hydrogen) atoms. The van der Waals surface area contributed by atoms with Crippen LogP contribution in [0.15, 0.2) is 0 Å². The Bertz CT molecular complexity index is 111. The minimum Gasteiger partial charge on any atom is -0.421 e. The number of nitrogens with two attached hydrogens (primary N) is 1. The Morgan fingerprint density at radius 1 is 1.21 bits per heavy atom. The van der Waals surface area contributed by atoms with E-state index in [0.29, 0.717) is 6.10 Å². The molecule has 0 saturated carbocycles. The molecule has 0 aliphatic heterocycles. The lowest BCUT2D eigenvalue weighted by Crippen LogP contribution is -2.14. The van der Waals surface area contributed by atoms with Gasteiger partial charge < -0.3 is 10.2 Å². The molecule has 0 fully saturated rings. The molecule has 0 radical (unpaired) electrons. The van der Waals surface area contributed by atoms with Crippen LogP contribution in [0.5, 0.6) is 0 Å². The Labute approximate surface area is 91.5 Å². The van der Waals surface area contributed by atoms with E-state index in [0.717, 1.165) is 6.54 Å². The SMILES string of the molecule is CCCC(CC)O[SiH2]CCCCCN. The van der Waals surface area contributed by atoms with Crippen molar-refractivity contribution < 1.29 is 4.43 Å². The van der Waals surface area contributed by atoms with Crippen molar-refractivity contribution in [1.29, 1.82) is 0 Å². The monoisotopic (exact) mass is 217 g/mol. The summed E-state index contributed by atoms with van der Waals surface area (Å²) in [6.07, 6.45) is 8.03. The summed E-state index contributed by atoms with van der Waals surface area (Å²) in [5, 5.41) is 0. The molecule has 2 N–H and O–H groups in total. The van der Waals surface area contributed by atoms with Crippen LogP contribution in [0.3, 0.4) is 0 Å². The van der Waals surface area contributed by atoms with Crippen LogP contribution in [-0.2, 0) is 4.43 Å². The predicted octanol–water partition coefficient (Wildman–Crippen LogP) is 2.21. The van der Waals surface area contributed by atoms with Crippen molar-refractivity contribution in [2.75, 3.05) is 6.54 Å². The summed E-state index contributed by atoms with van der Waals surface area (Å²) in [6.45, 7) is 5.30. The zero-order valence-electron chi connectivity index (χ0n) is 9.93. The average Bonchev–Trinajstić information content (AvgIpc) is 2.21. The van der Waals surface area contributed by atoms with Gasteiger partial charge in [-0.05, 0) is 31.9 Å². The highest BCUT2D eigenvalue weighted by atomic mass is 28.2. The molecular weight excluding hydrogens is 190 g/mol. The molecule has 0 aromatic rings. The molecule has 1 unspecified atom stereocenters. The second-order valence-electron chi connectivity index (χ2n) is 3.89. The standard InChI is InChI=1S/C11H27NOSi/c1-3-8-11(4-2)13-14-10-7-5-6-9-12/h11H,3-10,12,14H2,1-2H3. The maximum Gasteiger partial charge on any atom is 0.161 e. The van der Waals surface area contributed by atoms with Gasteiger partial charge in [0.25, 0.3) is 0 Å². The van der Waals surface area contributed by atoms with E-state index in [1.165, 1.54) is 44.6 Å². The van der Waals surface area contributed by atoms with Crippen LogP contribution in [0.2, 0.25) is 6.04 Å². The van der Waals surface area contributed by atoms with Crippen molar-refractivity contribution in [2.45, 2.75) is 64.5 Å². The first-order valence-electron chi connectivity index (χ1n) is 6.16. The van der Waals surface area contributed by atoms with Crippen molar-refractivity contribution in [3.05, 3.63) is 0 Å². The topological polar surface area (TPSA) is 35.2 Å². The molecule has 1 atom stereocenters. The van der Waals surface area contributed by atoms with Crippen molar-refractivity contribution in [2.24, 2.45) is 5.73 Å². The van der Waals surface area contributed by atoms with E-state index in [-0.39, 0.29) is 9.76 Å². The minimum absolute atomic E-state index is 0.236. The van der Waals surface area contributed by atoms with Crippen molar-refractivity contribution in [3.8, 4) is 0 Å². The first-order valence-corrected chi connectivity index (χ1v) is 7.74. The fraction of sp³-hybridized carbons (Fsp3) is 1.00. The van der Waals surface area contributed by atoms with Crippen molar-refractivity contribution in [3.63, 3.8) is 0 Å². The quantitative estimate of drug-likeness (QED) is 0.450. The molecule has 0 amide bonds. The first kappa shape index (κ1) is 14.1. The third-order valence-corrected chi connectivity index (χ3v) is 4.01. The van der Waals surface area contributed by atoms with E-state index < -0.39 is 0 Å². The molecule has 0 rings (SSSR count). The molecule has 0 heterocycles. The molecule has 0 aliphatic rings. The van der Waals surface area contributed by atoms with E-state index in [1.54, 1.807) is 0 Å². The van der Waals surface area contributed by atoms with Gasteiger partial charge in [0.2, 0.25) is 0 Å². The molecule has 0 aromatic carbocycles. The highest BCUT2D eigenvalue weighted by Gasteiger charge is 2.03. The van der Waals surface area contributed by atoms with E-state index in [4.69, 9.17) is 10.2 Å². The summed E-state index contributed by atoms with van der Waals surface area (Å²) in [5.41, 5.74) is 5.43. The summed E-state index contributed by atoms with van der Waals surface area (Å²) in [4.78, 5) is 0. The van der Waals surface area contributed by atoms with Crippen molar-refractivity contribution >= 4 is 9.76 Å². The van der Waals surface area contributed by atoms with Gasteiger partial charge in [-0.2, -0.15) is 0 Å². The van der Waals surface area contributed by atoms with E-state index in [9.17, 15) is 0 Å². The van der Waals surface area contributed by atoms with Crippen LogP contribution in [0.4, 0.5) is 0 Å². The number of hydrogen-bond donors (Lipinski definition) is 1. The van der Waals surface area contributed by atoms with Gasteiger partial charge in [0.1, 0.15) is 0 Å². The highest BCUT2D eigenvalue weighted by molar-refractivity contribution is 6.27. The second kappa shape index (κ2) is 11.2.